The van der Waals surface area contributed by atoms with Crippen LogP contribution in [0.1, 0.15) is 13.8 Å². The van der Waals surface area contributed by atoms with Gasteiger partial charge in [-0.05, 0) is 18.3 Å². The summed E-state index contributed by atoms with van der Waals surface area (Å²) in [4.78, 5) is 11.6. The number of carbonyl (C=O) groups is 1. The number of ether oxygens (including phenoxy) is 2. The lowest BCUT2D eigenvalue weighted by molar-refractivity contribution is -0.339. The van der Waals surface area contributed by atoms with E-state index < -0.39 is 24.4 Å². The van der Waals surface area contributed by atoms with E-state index in [1.54, 1.807) is 13.8 Å². The van der Waals surface area contributed by atoms with Crippen LogP contribution in [0.25, 0.3) is 0 Å². The Bertz CT molecular complexity index is 322. The third-order valence-electron chi connectivity index (χ3n) is 1.82. The molecule has 0 radical (unpaired) electrons. The second-order valence-corrected chi connectivity index (χ2v) is 4.55. The van der Waals surface area contributed by atoms with Crippen molar-refractivity contribution in [1.82, 2.24) is 0 Å². The molecule has 2 unspecified atom stereocenters. The number of rotatable bonds is 6. The zero-order valence-electron chi connectivity index (χ0n) is 9.96. The molecule has 2 atom stereocenters. The Morgan fingerprint density at radius 1 is 1.50 bits per heavy atom. The van der Waals surface area contributed by atoms with Gasteiger partial charge in [0.05, 0.1) is 6.61 Å². The van der Waals surface area contributed by atoms with Crippen molar-refractivity contribution in [3.8, 4) is 0 Å². The summed E-state index contributed by atoms with van der Waals surface area (Å²) >= 11 is 3.05. The van der Waals surface area contributed by atoms with Gasteiger partial charge in [-0.25, -0.2) is 0 Å². The van der Waals surface area contributed by atoms with Crippen LogP contribution < -0.4 is 0 Å². The van der Waals surface area contributed by atoms with Crippen LogP contribution in [0, 0.1) is 5.92 Å². The Morgan fingerprint density at radius 3 is 2.39 bits per heavy atom. The normalized spacial score (nSPS) is 16.0. The summed E-state index contributed by atoms with van der Waals surface area (Å²) in [7, 11) is 0. The molecule has 0 rings (SSSR count). The fourth-order valence-corrected chi connectivity index (χ4v) is 1.49. The summed E-state index contributed by atoms with van der Waals surface area (Å²) in [5, 5.41) is 0. The van der Waals surface area contributed by atoms with Crippen molar-refractivity contribution in [1.29, 1.82) is 0 Å². The quantitative estimate of drug-likeness (QED) is 0.552. The summed E-state index contributed by atoms with van der Waals surface area (Å²) < 4.78 is 45.6. The molecule has 0 saturated heterocycles. The van der Waals surface area contributed by atoms with Gasteiger partial charge in [0.2, 0.25) is 0 Å². The summed E-state index contributed by atoms with van der Waals surface area (Å²) in [6.07, 6.45) is -4.17. The molecule has 0 spiro atoms. The van der Waals surface area contributed by atoms with E-state index in [0.717, 1.165) is 6.08 Å². The van der Waals surface area contributed by atoms with Crippen molar-refractivity contribution < 1.29 is 27.4 Å². The average Bonchev–Trinajstić information content (AvgIpc) is 2.21. The lowest BCUT2D eigenvalue weighted by Gasteiger charge is -2.22. The molecule has 0 aliphatic heterocycles. The van der Waals surface area contributed by atoms with Gasteiger partial charge >= 0.3 is 12.3 Å². The first-order valence-electron chi connectivity index (χ1n) is 5.09. The molecular weight excluding hydrogens is 317 g/mol. The Hall–Kier alpha value is -0.820. The van der Waals surface area contributed by atoms with Gasteiger partial charge in [0, 0.05) is 0 Å². The topological polar surface area (TPSA) is 35.5 Å². The van der Waals surface area contributed by atoms with Gasteiger partial charge in [0.1, 0.15) is 12.0 Å². The molecule has 0 aromatic heterocycles. The van der Waals surface area contributed by atoms with Gasteiger partial charge in [-0.1, -0.05) is 28.1 Å². The maximum Gasteiger partial charge on any atom is 0.523 e. The van der Waals surface area contributed by atoms with Crippen LogP contribution in [-0.2, 0) is 14.3 Å². The summed E-state index contributed by atoms with van der Waals surface area (Å²) in [6.45, 7) is 6.45. The third-order valence-corrected chi connectivity index (χ3v) is 2.09. The number of hydrogen-bond donors (Lipinski definition) is 0. The van der Waals surface area contributed by atoms with Crippen LogP contribution in [0.4, 0.5) is 13.2 Å². The molecule has 0 bridgehead atoms. The van der Waals surface area contributed by atoms with E-state index in [1.165, 1.54) is 6.08 Å². The fraction of sp³-hybridized carbons (Fsp3) is 0.545. The maximum atomic E-state index is 12.2. The second-order valence-electron chi connectivity index (χ2n) is 3.30. The molecule has 104 valence electrons. The van der Waals surface area contributed by atoms with Gasteiger partial charge in [-0.2, -0.15) is 0 Å². The van der Waals surface area contributed by atoms with Gasteiger partial charge in [-0.15, -0.1) is 19.8 Å². The van der Waals surface area contributed by atoms with E-state index in [4.69, 9.17) is 4.74 Å². The lowest BCUT2D eigenvalue weighted by atomic mass is 10.0. The molecule has 0 aromatic rings. The Kier molecular flexibility index (Phi) is 7.23. The molecule has 3 nitrogen and oxygen atoms in total. The molecule has 0 aliphatic rings. The first-order valence-corrected chi connectivity index (χ1v) is 5.88. The van der Waals surface area contributed by atoms with Crippen molar-refractivity contribution in [2.45, 2.75) is 26.3 Å². The van der Waals surface area contributed by atoms with Crippen LogP contribution in [0.5, 0.6) is 0 Å². The molecule has 0 amide bonds. The largest absolute Gasteiger partial charge is 0.523 e. The number of alkyl halides is 3. The Morgan fingerprint density at radius 2 is 2.06 bits per heavy atom. The number of hydrogen-bond acceptors (Lipinski definition) is 3. The molecule has 0 N–H and O–H groups in total. The standard InChI is InChI=1S/C11H14BrF3O3/c1-4-9(18-11(13,14)15)8(6-7(3)12)10(16)17-5-2/h4,6,8-9H,1,5H2,2-3H3/b7-6+. The first kappa shape index (κ1) is 17.2. The van der Waals surface area contributed by atoms with Crippen LogP contribution in [-0.4, -0.2) is 25.0 Å². The van der Waals surface area contributed by atoms with Crippen molar-refractivity contribution in [3.05, 3.63) is 23.2 Å². The monoisotopic (exact) mass is 330 g/mol. The summed E-state index contributed by atoms with van der Waals surface area (Å²) in [5.74, 6) is -2.01. The van der Waals surface area contributed by atoms with Crippen molar-refractivity contribution in [2.75, 3.05) is 6.61 Å². The predicted molar refractivity (Wildman–Crippen MR) is 63.9 cm³/mol. The van der Waals surface area contributed by atoms with Crippen LogP contribution in [0.2, 0.25) is 0 Å². The fourth-order valence-electron chi connectivity index (χ4n) is 1.21. The van der Waals surface area contributed by atoms with Gasteiger partial charge in [0.25, 0.3) is 0 Å². The number of halogens is 4. The Labute approximate surface area is 112 Å². The minimum absolute atomic E-state index is 0.0698. The molecule has 18 heavy (non-hydrogen) atoms. The second kappa shape index (κ2) is 7.58. The van der Waals surface area contributed by atoms with E-state index in [0.29, 0.717) is 4.48 Å². The maximum absolute atomic E-state index is 12.2. The molecule has 0 fully saturated rings. The molecule has 0 saturated carbocycles. The zero-order chi connectivity index (χ0) is 14.3. The van der Waals surface area contributed by atoms with Crippen LogP contribution in [0.3, 0.4) is 0 Å². The Balaban J connectivity index is 5.08. The number of esters is 1. The third kappa shape index (κ3) is 6.80. The smallest absolute Gasteiger partial charge is 0.465 e. The van der Waals surface area contributed by atoms with E-state index in [9.17, 15) is 18.0 Å². The average molecular weight is 331 g/mol. The highest BCUT2D eigenvalue weighted by Crippen LogP contribution is 2.25. The van der Waals surface area contributed by atoms with Crippen LogP contribution >= 0.6 is 15.9 Å². The minimum atomic E-state index is -4.85. The van der Waals surface area contributed by atoms with E-state index in [1.807, 2.05) is 0 Å². The highest BCUT2D eigenvalue weighted by atomic mass is 79.9. The van der Waals surface area contributed by atoms with Crippen LogP contribution in [0.15, 0.2) is 23.2 Å². The highest BCUT2D eigenvalue weighted by molar-refractivity contribution is 9.11. The number of carbonyl (C=O) groups excluding carboxylic acids is 1. The molecule has 0 aromatic carbocycles. The van der Waals surface area contributed by atoms with Gasteiger partial charge in [-0.3, -0.25) is 9.53 Å². The van der Waals surface area contributed by atoms with E-state index in [-0.39, 0.29) is 6.61 Å². The van der Waals surface area contributed by atoms with Crippen molar-refractivity contribution in [3.63, 3.8) is 0 Å². The lowest BCUT2D eigenvalue weighted by Crippen LogP contribution is -2.33. The molecular formula is C11H14BrF3O3. The van der Waals surface area contributed by atoms with E-state index in [2.05, 4.69) is 27.2 Å². The molecule has 7 heteroatoms. The predicted octanol–water partition coefficient (Wildman–Crippen LogP) is 3.56. The molecule has 0 aliphatic carbocycles. The molecule has 0 heterocycles. The summed E-state index contributed by atoms with van der Waals surface area (Å²) in [6, 6.07) is 0. The van der Waals surface area contributed by atoms with Gasteiger partial charge in [0.15, 0.2) is 0 Å². The van der Waals surface area contributed by atoms with E-state index >= 15 is 0 Å². The highest BCUT2D eigenvalue weighted by Gasteiger charge is 2.38. The zero-order valence-corrected chi connectivity index (χ0v) is 11.5. The minimum Gasteiger partial charge on any atom is -0.465 e. The number of allylic oxidation sites excluding steroid dienone is 1. The van der Waals surface area contributed by atoms with Crippen molar-refractivity contribution in [2.24, 2.45) is 5.92 Å². The summed E-state index contributed by atoms with van der Waals surface area (Å²) in [5.41, 5.74) is 0. The van der Waals surface area contributed by atoms with Gasteiger partial charge < -0.3 is 4.74 Å². The first-order chi connectivity index (χ1) is 8.21. The SMILES string of the molecule is C=CC(OC(F)(F)F)C(/C=C(\C)Br)C(=O)OCC. The van der Waals surface area contributed by atoms with Crippen molar-refractivity contribution >= 4 is 21.9 Å².